The van der Waals surface area contributed by atoms with Gasteiger partial charge in [-0.3, -0.25) is 0 Å². The maximum atomic E-state index is 14.1. The Morgan fingerprint density at radius 1 is 1.37 bits per heavy atom. The van der Waals surface area contributed by atoms with Crippen molar-refractivity contribution in [1.29, 1.82) is 0 Å². The molecule has 0 radical (unpaired) electrons. The Hall–Kier alpha value is -1.09. The van der Waals surface area contributed by atoms with Crippen LogP contribution < -0.4 is 10.1 Å². The van der Waals surface area contributed by atoms with Crippen molar-refractivity contribution in [3.63, 3.8) is 0 Å². The van der Waals surface area contributed by atoms with Gasteiger partial charge in [0, 0.05) is 12.1 Å². The molecule has 1 aromatic rings. The highest BCUT2D eigenvalue weighted by molar-refractivity contribution is 5.37. The van der Waals surface area contributed by atoms with Crippen LogP contribution in [0.15, 0.2) is 24.3 Å². The second-order valence-electron chi connectivity index (χ2n) is 6.34. The minimum atomic E-state index is -0.810. The molecule has 1 aliphatic heterocycles. The Morgan fingerprint density at radius 3 is 2.84 bits per heavy atom. The fraction of sp³-hybridized carbons (Fsp3) is 0.625. The summed E-state index contributed by atoms with van der Waals surface area (Å²) in [5, 5.41) is 3.23. The lowest BCUT2D eigenvalue weighted by Gasteiger charge is -2.28. The van der Waals surface area contributed by atoms with Gasteiger partial charge in [-0.05, 0) is 51.2 Å². The molecule has 1 aromatic carbocycles. The number of halogens is 1. The number of ether oxygens (including phenoxy) is 1. The highest BCUT2D eigenvalue weighted by atomic mass is 19.1. The van der Waals surface area contributed by atoms with E-state index in [2.05, 4.69) is 32.2 Å². The summed E-state index contributed by atoms with van der Waals surface area (Å²) in [5.41, 5.74) is 1.13. The van der Waals surface area contributed by atoms with Crippen molar-refractivity contribution in [2.45, 2.75) is 51.2 Å². The van der Waals surface area contributed by atoms with Gasteiger partial charge >= 0.3 is 0 Å². The molecule has 19 heavy (non-hydrogen) atoms. The van der Waals surface area contributed by atoms with Gasteiger partial charge in [0.05, 0.1) is 6.61 Å². The summed E-state index contributed by atoms with van der Waals surface area (Å²) in [6.45, 7) is 7.29. The Balaban J connectivity index is 1.93. The highest BCUT2D eigenvalue weighted by Gasteiger charge is 2.24. The Morgan fingerprint density at radius 2 is 2.11 bits per heavy atom. The molecule has 0 spiro atoms. The molecule has 3 heteroatoms. The lowest BCUT2D eigenvalue weighted by molar-refractivity contribution is 0.219. The average Bonchev–Trinajstić information content (AvgIpc) is 2.36. The summed E-state index contributed by atoms with van der Waals surface area (Å²) in [5.74, 6) is 1.21. The maximum Gasteiger partial charge on any atom is 0.122 e. The van der Waals surface area contributed by atoms with E-state index in [0.717, 1.165) is 17.7 Å². The zero-order valence-corrected chi connectivity index (χ0v) is 12.1. The Kier molecular flexibility index (Phi) is 4.46. The number of fused-ring (bicyclic) bond motifs is 1. The first kappa shape index (κ1) is 14.3. The smallest absolute Gasteiger partial charge is 0.122 e. The van der Waals surface area contributed by atoms with Crippen molar-refractivity contribution in [2.24, 2.45) is 0 Å². The Labute approximate surface area is 115 Å². The first-order chi connectivity index (χ1) is 8.96. The highest BCUT2D eigenvalue weighted by Crippen LogP contribution is 2.36. The number of para-hydroxylation sites is 1. The molecule has 1 aliphatic rings. The van der Waals surface area contributed by atoms with Crippen molar-refractivity contribution in [2.75, 3.05) is 13.2 Å². The quantitative estimate of drug-likeness (QED) is 0.897. The van der Waals surface area contributed by atoms with Crippen LogP contribution in [0.25, 0.3) is 0 Å². The summed E-state index contributed by atoms with van der Waals surface area (Å²) in [6, 6.07) is 8.00. The van der Waals surface area contributed by atoms with Gasteiger partial charge in [0.15, 0.2) is 0 Å². The molecular weight excluding hydrogens is 241 g/mol. The average molecular weight is 265 g/mol. The molecule has 0 bridgehead atoms. The van der Waals surface area contributed by atoms with Gasteiger partial charge in [-0.15, -0.1) is 0 Å². The summed E-state index contributed by atoms with van der Waals surface area (Å²) in [6.07, 6.45) is 0.673. The van der Waals surface area contributed by atoms with E-state index < -0.39 is 6.17 Å². The number of benzene rings is 1. The molecule has 0 saturated heterocycles. The third-order valence-electron chi connectivity index (χ3n) is 3.48. The van der Waals surface area contributed by atoms with Crippen LogP contribution in [0.3, 0.4) is 0 Å². The monoisotopic (exact) mass is 265 g/mol. The van der Waals surface area contributed by atoms with Gasteiger partial charge in [-0.2, -0.15) is 0 Å². The van der Waals surface area contributed by atoms with Crippen molar-refractivity contribution in [3.05, 3.63) is 29.8 Å². The van der Waals surface area contributed by atoms with E-state index in [-0.39, 0.29) is 11.5 Å². The van der Waals surface area contributed by atoms with Crippen LogP contribution >= 0.6 is 0 Å². The summed E-state index contributed by atoms with van der Waals surface area (Å²) < 4.78 is 19.7. The maximum absolute atomic E-state index is 14.1. The molecule has 2 unspecified atom stereocenters. The molecule has 0 saturated carbocycles. The van der Waals surface area contributed by atoms with E-state index in [1.54, 1.807) is 0 Å². The van der Waals surface area contributed by atoms with Gasteiger partial charge in [0.2, 0.25) is 0 Å². The van der Waals surface area contributed by atoms with Crippen molar-refractivity contribution < 1.29 is 9.13 Å². The van der Waals surface area contributed by atoms with Crippen molar-refractivity contribution in [1.82, 2.24) is 5.32 Å². The predicted molar refractivity (Wildman–Crippen MR) is 76.6 cm³/mol. The lowest BCUT2D eigenvalue weighted by atomic mass is 9.88. The summed E-state index contributed by atoms with van der Waals surface area (Å²) >= 11 is 0. The summed E-state index contributed by atoms with van der Waals surface area (Å²) in [4.78, 5) is 0. The van der Waals surface area contributed by atoms with Crippen molar-refractivity contribution >= 4 is 0 Å². The van der Waals surface area contributed by atoms with E-state index in [0.29, 0.717) is 19.6 Å². The van der Waals surface area contributed by atoms with E-state index >= 15 is 0 Å². The first-order valence-electron chi connectivity index (χ1n) is 7.06. The number of hydrogen-bond donors (Lipinski definition) is 1. The van der Waals surface area contributed by atoms with Gasteiger partial charge in [0.1, 0.15) is 11.9 Å². The molecule has 2 atom stereocenters. The van der Waals surface area contributed by atoms with Gasteiger partial charge in [0.25, 0.3) is 0 Å². The molecule has 1 N–H and O–H groups in total. The second-order valence-corrected chi connectivity index (χ2v) is 6.34. The fourth-order valence-electron chi connectivity index (χ4n) is 2.47. The summed E-state index contributed by atoms with van der Waals surface area (Å²) in [7, 11) is 0. The van der Waals surface area contributed by atoms with E-state index in [1.165, 1.54) is 0 Å². The molecule has 2 rings (SSSR count). The molecule has 0 fully saturated rings. The molecule has 1 heterocycles. The van der Waals surface area contributed by atoms with Crippen LogP contribution in [0.1, 0.15) is 45.1 Å². The minimum Gasteiger partial charge on any atom is -0.493 e. The van der Waals surface area contributed by atoms with Crippen LogP contribution in [0.5, 0.6) is 5.75 Å². The molecular formula is C16H24FNO. The van der Waals surface area contributed by atoms with Crippen LogP contribution in [0, 0.1) is 0 Å². The topological polar surface area (TPSA) is 21.3 Å². The van der Waals surface area contributed by atoms with Crippen LogP contribution in [0.4, 0.5) is 4.39 Å². The van der Waals surface area contributed by atoms with E-state index in [4.69, 9.17) is 4.74 Å². The molecule has 106 valence electrons. The number of alkyl halides is 1. The van der Waals surface area contributed by atoms with Crippen molar-refractivity contribution in [3.8, 4) is 5.75 Å². The van der Waals surface area contributed by atoms with Gasteiger partial charge < -0.3 is 10.1 Å². The van der Waals surface area contributed by atoms with E-state index in [1.807, 2.05) is 18.2 Å². The van der Waals surface area contributed by atoms with E-state index in [9.17, 15) is 4.39 Å². The standard InChI is InChI=1S/C16H24FNO/c1-16(2,3)18-11-13(17)10-12-8-9-19-15-7-5-4-6-14(12)15/h4-7,12-13,18H,8-11H2,1-3H3. The largest absolute Gasteiger partial charge is 0.493 e. The second kappa shape index (κ2) is 5.91. The fourth-order valence-corrected chi connectivity index (χ4v) is 2.47. The van der Waals surface area contributed by atoms with Gasteiger partial charge in [-0.1, -0.05) is 18.2 Å². The van der Waals surface area contributed by atoms with Crippen LogP contribution in [-0.4, -0.2) is 24.9 Å². The number of nitrogens with one attached hydrogen (secondary N) is 1. The predicted octanol–water partition coefficient (Wildman–Crippen LogP) is 3.67. The normalized spacial score (nSPS) is 20.5. The van der Waals surface area contributed by atoms with Crippen LogP contribution in [0.2, 0.25) is 0 Å². The van der Waals surface area contributed by atoms with Gasteiger partial charge in [-0.25, -0.2) is 4.39 Å². The molecule has 0 aromatic heterocycles. The Bertz CT molecular complexity index is 413. The first-order valence-corrected chi connectivity index (χ1v) is 7.06. The third kappa shape index (κ3) is 4.20. The lowest BCUT2D eigenvalue weighted by Crippen LogP contribution is -2.40. The minimum absolute atomic E-state index is 0.0298. The molecule has 0 aliphatic carbocycles. The number of rotatable bonds is 4. The zero-order valence-electron chi connectivity index (χ0n) is 12.1. The van der Waals surface area contributed by atoms with Crippen LogP contribution in [-0.2, 0) is 0 Å². The molecule has 2 nitrogen and oxygen atoms in total. The zero-order chi connectivity index (χ0) is 13.9. The number of hydrogen-bond acceptors (Lipinski definition) is 2. The SMILES string of the molecule is CC(C)(C)NCC(F)CC1CCOc2ccccc21. The third-order valence-corrected chi connectivity index (χ3v) is 3.48. The molecule has 0 amide bonds.